The van der Waals surface area contributed by atoms with Crippen LogP contribution in [-0.4, -0.2) is 53.0 Å². The van der Waals surface area contributed by atoms with Gasteiger partial charge in [-0.3, -0.25) is 0 Å². The molecule has 0 radical (unpaired) electrons. The van der Waals surface area contributed by atoms with Crippen LogP contribution in [0.15, 0.2) is 42.5 Å². The molecule has 1 atom stereocenters. The lowest BCUT2D eigenvalue weighted by molar-refractivity contribution is -0.224. The maximum Gasteiger partial charge on any atom is 0.222 e. The zero-order chi connectivity index (χ0) is 19.8. The Kier molecular flexibility index (Phi) is 5.08. The van der Waals surface area contributed by atoms with Crippen LogP contribution in [0.5, 0.6) is 11.5 Å². The highest BCUT2D eigenvalue weighted by Gasteiger charge is 2.50. The Morgan fingerprint density at radius 1 is 0.893 bits per heavy atom. The maximum absolute atomic E-state index is 6.59. The Hall–Kier alpha value is -2.08. The predicted octanol–water partition coefficient (Wildman–Crippen LogP) is 3.54. The maximum atomic E-state index is 6.59. The fourth-order valence-corrected chi connectivity index (χ4v) is 4.63. The van der Waals surface area contributed by atoms with Gasteiger partial charge in [0, 0.05) is 23.7 Å². The molecule has 2 heterocycles. The summed E-state index contributed by atoms with van der Waals surface area (Å²) >= 11 is 0. The number of hydrogen-bond donors (Lipinski definition) is 0. The zero-order valence-electron chi connectivity index (χ0n) is 17.2. The first-order valence-corrected chi connectivity index (χ1v) is 9.79. The molecular weight excluding hydrogens is 354 g/mol. The van der Waals surface area contributed by atoms with Crippen LogP contribution in [0.25, 0.3) is 0 Å². The standard InChI is InChI=1S/C23H29NO4/c1-24-12-10-22(11-13-24)16-28-23(27-4,17-8-6-5-7-9-17)19-15-21(26-3)20(25-2)14-18(19)22/h5-9,14-15H,10-13,16H2,1-4H3. The second kappa shape index (κ2) is 7.39. The van der Waals surface area contributed by atoms with Crippen LogP contribution in [0.4, 0.5) is 0 Å². The Morgan fingerprint density at radius 3 is 2.07 bits per heavy atom. The van der Waals surface area contributed by atoms with Crippen molar-refractivity contribution in [3.05, 3.63) is 59.2 Å². The first-order chi connectivity index (χ1) is 13.6. The van der Waals surface area contributed by atoms with Gasteiger partial charge in [-0.2, -0.15) is 0 Å². The summed E-state index contributed by atoms with van der Waals surface area (Å²) < 4.78 is 24.0. The van der Waals surface area contributed by atoms with E-state index in [1.165, 1.54) is 5.56 Å². The van der Waals surface area contributed by atoms with Crippen LogP contribution in [0.2, 0.25) is 0 Å². The van der Waals surface area contributed by atoms with Crippen molar-refractivity contribution < 1.29 is 18.9 Å². The molecule has 5 nitrogen and oxygen atoms in total. The van der Waals surface area contributed by atoms with E-state index in [-0.39, 0.29) is 5.41 Å². The summed E-state index contributed by atoms with van der Waals surface area (Å²) in [4.78, 5) is 2.38. The molecule has 0 aromatic heterocycles. The van der Waals surface area contributed by atoms with Crippen molar-refractivity contribution in [1.82, 2.24) is 4.90 Å². The summed E-state index contributed by atoms with van der Waals surface area (Å²) in [6, 6.07) is 14.3. The molecule has 2 aromatic rings. The van der Waals surface area contributed by atoms with Crippen LogP contribution >= 0.6 is 0 Å². The van der Waals surface area contributed by atoms with Gasteiger partial charge in [0.1, 0.15) is 0 Å². The van der Waals surface area contributed by atoms with Gasteiger partial charge < -0.3 is 23.8 Å². The van der Waals surface area contributed by atoms with Crippen molar-refractivity contribution in [3.63, 3.8) is 0 Å². The predicted molar refractivity (Wildman–Crippen MR) is 108 cm³/mol. The van der Waals surface area contributed by atoms with Gasteiger partial charge in [-0.25, -0.2) is 0 Å². The van der Waals surface area contributed by atoms with Crippen molar-refractivity contribution in [1.29, 1.82) is 0 Å². The second-order valence-electron chi connectivity index (χ2n) is 7.81. The molecule has 1 saturated heterocycles. The van der Waals surface area contributed by atoms with Gasteiger partial charge in [-0.1, -0.05) is 30.3 Å². The SMILES string of the molecule is COc1cc2c(cc1OC)C(OC)(c1ccccc1)OCC21CCN(C)CC1. The van der Waals surface area contributed by atoms with Crippen molar-refractivity contribution in [2.75, 3.05) is 48.1 Å². The average molecular weight is 383 g/mol. The van der Waals surface area contributed by atoms with Gasteiger partial charge in [0.25, 0.3) is 0 Å². The van der Waals surface area contributed by atoms with E-state index in [0.717, 1.165) is 42.8 Å². The summed E-state index contributed by atoms with van der Waals surface area (Å²) in [7, 11) is 7.23. The molecule has 0 aliphatic carbocycles. The van der Waals surface area contributed by atoms with Crippen LogP contribution in [0, 0.1) is 0 Å². The van der Waals surface area contributed by atoms with Crippen molar-refractivity contribution in [3.8, 4) is 11.5 Å². The molecule has 0 N–H and O–H groups in total. The van der Waals surface area contributed by atoms with Gasteiger partial charge in [0.15, 0.2) is 11.5 Å². The molecule has 0 bridgehead atoms. The fourth-order valence-electron chi connectivity index (χ4n) is 4.63. The number of benzene rings is 2. The number of likely N-dealkylation sites (tertiary alicyclic amines) is 1. The van der Waals surface area contributed by atoms with Crippen LogP contribution in [0.3, 0.4) is 0 Å². The second-order valence-corrected chi connectivity index (χ2v) is 7.81. The summed E-state index contributed by atoms with van der Waals surface area (Å²) in [6.07, 6.45) is 2.08. The van der Waals surface area contributed by atoms with Crippen molar-refractivity contribution in [2.45, 2.75) is 24.0 Å². The lowest BCUT2D eigenvalue weighted by Gasteiger charge is -2.50. The molecule has 0 amide bonds. The normalized spacial score (nSPS) is 24.0. The van der Waals surface area contributed by atoms with Crippen LogP contribution in [0.1, 0.15) is 29.5 Å². The molecule has 1 unspecified atom stereocenters. The molecule has 150 valence electrons. The van der Waals surface area contributed by atoms with E-state index >= 15 is 0 Å². The minimum absolute atomic E-state index is 0.0434. The monoisotopic (exact) mass is 383 g/mol. The third-order valence-electron chi connectivity index (χ3n) is 6.39. The van der Waals surface area contributed by atoms with Gasteiger partial charge in [-0.05, 0) is 50.7 Å². The summed E-state index contributed by atoms with van der Waals surface area (Å²) in [5.41, 5.74) is 3.19. The molecular formula is C23H29NO4. The smallest absolute Gasteiger partial charge is 0.222 e. The van der Waals surface area contributed by atoms with E-state index in [4.69, 9.17) is 18.9 Å². The lowest BCUT2D eigenvalue weighted by atomic mass is 9.68. The molecule has 1 spiro atoms. The van der Waals surface area contributed by atoms with E-state index in [0.29, 0.717) is 12.4 Å². The fraction of sp³-hybridized carbons (Fsp3) is 0.478. The Bertz CT molecular complexity index is 830. The zero-order valence-corrected chi connectivity index (χ0v) is 17.2. The Labute approximate surface area is 167 Å². The number of hydrogen-bond acceptors (Lipinski definition) is 5. The summed E-state index contributed by atoms with van der Waals surface area (Å²) in [6.45, 7) is 2.71. The number of rotatable bonds is 4. The molecule has 2 aromatic carbocycles. The van der Waals surface area contributed by atoms with Crippen molar-refractivity contribution >= 4 is 0 Å². The van der Waals surface area contributed by atoms with Gasteiger partial charge in [-0.15, -0.1) is 0 Å². The van der Waals surface area contributed by atoms with E-state index in [1.807, 2.05) is 24.3 Å². The van der Waals surface area contributed by atoms with E-state index in [2.05, 4.69) is 30.1 Å². The lowest BCUT2D eigenvalue weighted by Crippen LogP contribution is -2.52. The average Bonchev–Trinajstić information content (AvgIpc) is 2.76. The van der Waals surface area contributed by atoms with Crippen LogP contribution < -0.4 is 9.47 Å². The summed E-state index contributed by atoms with van der Waals surface area (Å²) in [5.74, 6) is 0.483. The highest BCUT2D eigenvalue weighted by atomic mass is 16.7. The van der Waals surface area contributed by atoms with Crippen LogP contribution in [-0.2, 0) is 20.7 Å². The number of piperidine rings is 1. The minimum atomic E-state index is -0.954. The molecule has 0 saturated carbocycles. The molecule has 1 fully saturated rings. The van der Waals surface area contributed by atoms with E-state index < -0.39 is 5.79 Å². The topological polar surface area (TPSA) is 40.2 Å². The third-order valence-corrected chi connectivity index (χ3v) is 6.39. The number of methoxy groups -OCH3 is 3. The van der Waals surface area contributed by atoms with Gasteiger partial charge in [0.05, 0.1) is 20.8 Å². The highest BCUT2D eigenvalue weighted by molar-refractivity contribution is 5.55. The van der Waals surface area contributed by atoms with E-state index in [9.17, 15) is 0 Å². The van der Waals surface area contributed by atoms with Crippen molar-refractivity contribution in [2.24, 2.45) is 0 Å². The largest absolute Gasteiger partial charge is 0.493 e. The number of nitrogens with zero attached hydrogens (tertiary/aromatic N) is 1. The van der Waals surface area contributed by atoms with E-state index in [1.54, 1.807) is 21.3 Å². The number of ether oxygens (including phenoxy) is 4. The van der Waals surface area contributed by atoms with Gasteiger partial charge in [0.2, 0.25) is 5.79 Å². The number of fused-ring (bicyclic) bond motifs is 2. The molecule has 5 heteroatoms. The molecule has 2 aliphatic rings. The first-order valence-electron chi connectivity index (χ1n) is 9.79. The molecule has 28 heavy (non-hydrogen) atoms. The molecule has 2 aliphatic heterocycles. The summed E-state index contributed by atoms with van der Waals surface area (Å²) in [5, 5.41) is 0. The molecule has 4 rings (SSSR count). The third kappa shape index (κ3) is 2.89. The Morgan fingerprint density at radius 2 is 1.50 bits per heavy atom. The Balaban J connectivity index is 1.94. The first kappa shape index (κ1) is 19.2. The minimum Gasteiger partial charge on any atom is -0.493 e. The van der Waals surface area contributed by atoms with Gasteiger partial charge >= 0.3 is 0 Å². The quantitative estimate of drug-likeness (QED) is 0.808. The highest BCUT2D eigenvalue weighted by Crippen LogP contribution is 2.52.